The summed E-state index contributed by atoms with van der Waals surface area (Å²) in [6.07, 6.45) is 2.33. The highest BCUT2D eigenvalue weighted by atomic mass is 16.5. The van der Waals surface area contributed by atoms with Crippen molar-refractivity contribution < 1.29 is 9.47 Å². The first kappa shape index (κ1) is 19.3. The summed E-state index contributed by atoms with van der Waals surface area (Å²) in [5, 5.41) is 6.63. The topological polar surface area (TPSA) is 54.9 Å². The molecule has 5 nitrogen and oxygen atoms in total. The molecule has 0 saturated carbocycles. The van der Waals surface area contributed by atoms with Crippen molar-refractivity contribution in [1.29, 1.82) is 0 Å². The first-order valence-electron chi connectivity index (χ1n) is 8.43. The van der Waals surface area contributed by atoms with Gasteiger partial charge < -0.3 is 20.1 Å². The number of nitrogens with zero attached hydrogens (tertiary/aromatic N) is 1. The fourth-order valence-electron chi connectivity index (χ4n) is 2.04. The van der Waals surface area contributed by atoms with Gasteiger partial charge in [0.25, 0.3) is 0 Å². The average molecular weight is 321 g/mol. The summed E-state index contributed by atoms with van der Waals surface area (Å²) in [7, 11) is 1.79. The number of rotatable bonds is 10. The number of benzene rings is 1. The summed E-state index contributed by atoms with van der Waals surface area (Å²) in [6.45, 7) is 9.33. The van der Waals surface area contributed by atoms with Gasteiger partial charge in [0.1, 0.15) is 5.75 Å². The molecule has 2 N–H and O–H groups in total. The predicted molar refractivity (Wildman–Crippen MR) is 96.1 cm³/mol. The van der Waals surface area contributed by atoms with E-state index in [4.69, 9.17) is 9.47 Å². The van der Waals surface area contributed by atoms with Crippen LogP contribution in [0.5, 0.6) is 5.75 Å². The van der Waals surface area contributed by atoms with Crippen LogP contribution in [-0.2, 0) is 11.3 Å². The molecule has 0 aliphatic rings. The van der Waals surface area contributed by atoms with Crippen LogP contribution in [0.15, 0.2) is 29.3 Å². The zero-order chi connectivity index (χ0) is 16.9. The Bertz CT molecular complexity index is 444. The minimum Gasteiger partial charge on any atom is -0.491 e. The molecule has 0 bridgehead atoms. The number of guanidine groups is 1. The van der Waals surface area contributed by atoms with Gasteiger partial charge >= 0.3 is 0 Å². The maximum absolute atomic E-state index is 5.64. The Morgan fingerprint density at radius 1 is 1.13 bits per heavy atom. The highest BCUT2D eigenvalue weighted by Gasteiger charge is 2.00. The fourth-order valence-corrected chi connectivity index (χ4v) is 2.04. The van der Waals surface area contributed by atoms with Gasteiger partial charge in [0.15, 0.2) is 5.96 Å². The molecule has 0 spiro atoms. The normalized spacial score (nSPS) is 11.6. The van der Waals surface area contributed by atoms with Crippen molar-refractivity contribution in [2.24, 2.45) is 4.99 Å². The van der Waals surface area contributed by atoms with Crippen molar-refractivity contribution in [2.45, 2.75) is 46.3 Å². The van der Waals surface area contributed by atoms with Crippen LogP contribution in [0.25, 0.3) is 0 Å². The van der Waals surface area contributed by atoms with Crippen molar-refractivity contribution in [2.75, 3.05) is 26.8 Å². The Hall–Kier alpha value is -1.75. The Morgan fingerprint density at radius 3 is 2.48 bits per heavy atom. The molecule has 130 valence electrons. The molecule has 0 radical (unpaired) electrons. The molecular formula is C18H31N3O2. The Morgan fingerprint density at radius 2 is 1.87 bits per heavy atom. The van der Waals surface area contributed by atoms with Gasteiger partial charge in [-0.25, -0.2) is 0 Å². The molecule has 0 aliphatic carbocycles. The number of aliphatic imine (C=N–C) groups is 1. The second kappa shape index (κ2) is 11.8. The summed E-state index contributed by atoms with van der Waals surface area (Å²) in [5.74, 6) is 1.73. The molecule has 0 aliphatic heterocycles. The van der Waals surface area contributed by atoms with Crippen LogP contribution in [0.4, 0.5) is 0 Å². The maximum atomic E-state index is 5.64. The number of nitrogens with one attached hydrogen (secondary N) is 2. The third-order valence-corrected chi connectivity index (χ3v) is 3.19. The Labute approximate surface area is 140 Å². The van der Waals surface area contributed by atoms with E-state index in [-0.39, 0.29) is 6.10 Å². The van der Waals surface area contributed by atoms with Gasteiger partial charge in [-0.1, -0.05) is 12.1 Å². The quantitative estimate of drug-likeness (QED) is 0.395. The van der Waals surface area contributed by atoms with Gasteiger partial charge in [-0.3, -0.25) is 4.99 Å². The largest absolute Gasteiger partial charge is 0.491 e. The van der Waals surface area contributed by atoms with Crippen LogP contribution < -0.4 is 15.4 Å². The van der Waals surface area contributed by atoms with Gasteiger partial charge in [0, 0.05) is 33.4 Å². The summed E-state index contributed by atoms with van der Waals surface area (Å²) in [4.78, 5) is 4.23. The van der Waals surface area contributed by atoms with E-state index in [9.17, 15) is 0 Å². The summed E-state index contributed by atoms with van der Waals surface area (Å²) in [5.41, 5.74) is 1.19. The standard InChI is InChI=1S/C18H31N3O2/c1-5-22-13-7-6-12-20-18(19-4)21-14-16-8-10-17(11-9-16)23-15(2)3/h8-11,15H,5-7,12-14H2,1-4H3,(H2,19,20,21). The van der Waals surface area contributed by atoms with Crippen molar-refractivity contribution in [3.63, 3.8) is 0 Å². The van der Waals surface area contributed by atoms with Gasteiger partial charge in [-0.05, 0) is 51.3 Å². The summed E-state index contributed by atoms with van der Waals surface area (Å²) in [6, 6.07) is 8.14. The lowest BCUT2D eigenvalue weighted by molar-refractivity contribution is 0.143. The van der Waals surface area contributed by atoms with Crippen molar-refractivity contribution in [3.8, 4) is 5.75 Å². The average Bonchev–Trinajstić information content (AvgIpc) is 2.54. The van der Waals surface area contributed by atoms with Gasteiger partial charge in [0.05, 0.1) is 6.10 Å². The number of ether oxygens (including phenoxy) is 2. The fraction of sp³-hybridized carbons (Fsp3) is 0.611. The highest BCUT2D eigenvalue weighted by molar-refractivity contribution is 5.79. The first-order valence-corrected chi connectivity index (χ1v) is 8.43. The molecule has 0 heterocycles. The summed E-state index contributed by atoms with van der Waals surface area (Å²) < 4.78 is 11.0. The van der Waals surface area contributed by atoms with Gasteiger partial charge in [0.2, 0.25) is 0 Å². The Balaban J connectivity index is 2.26. The van der Waals surface area contributed by atoms with E-state index in [1.165, 1.54) is 5.56 Å². The molecule has 0 fully saturated rings. The third kappa shape index (κ3) is 9.08. The highest BCUT2D eigenvalue weighted by Crippen LogP contribution is 2.13. The van der Waals surface area contributed by atoms with Crippen LogP contribution in [0, 0.1) is 0 Å². The maximum Gasteiger partial charge on any atom is 0.191 e. The SMILES string of the molecule is CCOCCCCNC(=NC)NCc1ccc(OC(C)C)cc1. The van der Waals surface area contributed by atoms with E-state index >= 15 is 0 Å². The lowest BCUT2D eigenvalue weighted by Crippen LogP contribution is -2.37. The molecule has 23 heavy (non-hydrogen) atoms. The molecule has 0 unspecified atom stereocenters. The molecule has 0 aromatic heterocycles. The summed E-state index contributed by atoms with van der Waals surface area (Å²) >= 11 is 0. The zero-order valence-electron chi connectivity index (χ0n) is 14.9. The second-order valence-electron chi connectivity index (χ2n) is 5.57. The molecule has 0 atom stereocenters. The lowest BCUT2D eigenvalue weighted by atomic mass is 10.2. The van der Waals surface area contributed by atoms with Gasteiger partial charge in [-0.15, -0.1) is 0 Å². The van der Waals surface area contributed by atoms with Crippen LogP contribution in [0.1, 0.15) is 39.2 Å². The minimum absolute atomic E-state index is 0.199. The van der Waals surface area contributed by atoms with Crippen LogP contribution in [0.2, 0.25) is 0 Å². The van der Waals surface area contributed by atoms with E-state index in [1.807, 2.05) is 32.9 Å². The molecule has 1 aromatic rings. The van der Waals surface area contributed by atoms with E-state index in [0.717, 1.165) is 50.9 Å². The van der Waals surface area contributed by atoms with E-state index in [0.29, 0.717) is 0 Å². The van der Waals surface area contributed by atoms with Gasteiger partial charge in [-0.2, -0.15) is 0 Å². The Kier molecular flexibility index (Phi) is 9.87. The predicted octanol–water partition coefficient (Wildman–Crippen LogP) is 2.96. The van der Waals surface area contributed by atoms with Crippen molar-refractivity contribution in [1.82, 2.24) is 10.6 Å². The molecular weight excluding hydrogens is 290 g/mol. The second-order valence-corrected chi connectivity index (χ2v) is 5.57. The number of unbranched alkanes of at least 4 members (excludes halogenated alkanes) is 1. The molecule has 0 saturated heterocycles. The molecule has 1 rings (SSSR count). The molecule has 0 amide bonds. The van der Waals surface area contributed by atoms with E-state index in [2.05, 4.69) is 27.8 Å². The monoisotopic (exact) mass is 321 g/mol. The van der Waals surface area contributed by atoms with Crippen LogP contribution in [-0.4, -0.2) is 38.9 Å². The minimum atomic E-state index is 0.199. The van der Waals surface area contributed by atoms with Crippen molar-refractivity contribution in [3.05, 3.63) is 29.8 Å². The van der Waals surface area contributed by atoms with Crippen molar-refractivity contribution >= 4 is 5.96 Å². The van der Waals surface area contributed by atoms with Crippen LogP contribution in [0.3, 0.4) is 0 Å². The van der Waals surface area contributed by atoms with Crippen LogP contribution >= 0.6 is 0 Å². The molecule has 1 aromatic carbocycles. The lowest BCUT2D eigenvalue weighted by Gasteiger charge is -2.13. The van der Waals surface area contributed by atoms with E-state index < -0.39 is 0 Å². The smallest absolute Gasteiger partial charge is 0.191 e. The van der Waals surface area contributed by atoms with E-state index in [1.54, 1.807) is 7.05 Å². The first-order chi connectivity index (χ1) is 11.2. The number of hydrogen-bond donors (Lipinski definition) is 2. The number of hydrogen-bond acceptors (Lipinski definition) is 3. The molecule has 5 heteroatoms. The third-order valence-electron chi connectivity index (χ3n) is 3.19. The zero-order valence-corrected chi connectivity index (χ0v) is 14.9.